The molecule has 0 saturated carbocycles. The molecule has 8 nitrogen and oxygen atoms in total. The molecule has 0 aliphatic carbocycles. The summed E-state index contributed by atoms with van der Waals surface area (Å²) >= 11 is 0. The monoisotopic (exact) mass is 381 g/mol. The van der Waals surface area contributed by atoms with Crippen molar-refractivity contribution in [2.24, 2.45) is 0 Å². The maximum Gasteiger partial charge on any atom is 0.337 e. The van der Waals surface area contributed by atoms with E-state index in [1.165, 1.54) is 31.4 Å². The van der Waals surface area contributed by atoms with Crippen LogP contribution in [0.5, 0.6) is 0 Å². The smallest absolute Gasteiger partial charge is 0.337 e. The maximum absolute atomic E-state index is 12.5. The Bertz CT molecular complexity index is 896. The molecule has 1 aliphatic heterocycles. The van der Waals surface area contributed by atoms with Gasteiger partial charge in [-0.15, -0.1) is 0 Å². The Balaban J connectivity index is 1.58. The van der Waals surface area contributed by atoms with Crippen LogP contribution >= 0.6 is 0 Å². The number of imide groups is 1. The number of esters is 1. The summed E-state index contributed by atoms with van der Waals surface area (Å²) in [4.78, 5) is 49.1. The number of rotatable bonds is 6. The number of anilines is 1. The SMILES string of the molecule is COC(=O)c1ccc(NC(=O)CN2C(=O)NC(Cc3ccccc3)C2=O)cc1. The van der Waals surface area contributed by atoms with Crippen LogP contribution in [0.1, 0.15) is 15.9 Å². The number of ether oxygens (including phenoxy) is 1. The maximum atomic E-state index is 12.5. The Kier molecular flexibility index (Phi) is 5.69. The van der Waals surface area contributed by atoms with Gasteiger partial charge in [0.1, 0.15) is 12.6 Å². The van der Waals surface area contributed by atoms with E-state index in [1.54, 1.807) is 0 Å². The van der Waals surface area contributed by atoms with E-state index in [9.17, 15) is 19.2 Å². The molecule has 144 valence electrons. The summed E-state index contributed by atoms with van der Waals surface area (Å²) in [5.74, 6) is -1.44. The summed E-state index contributed by atoms with van der Waals surface area (Å²) in [5.41, 5.74) is 1.70. The standard InChI is InChI=1S/C20H19N3O5/c1-28-19(26)14-7-9-15(10-8-14)21-17(24)12-23-18(25)16(22-20(23)27)11-13-5-3-2-4-6-13/h2-10,16H,11-12H2,1H3,(H,21,24)(H,22,27). The number of benzene rings is 2. The molecule has 0 bridgehead atoms. The molecule has 8 heteroatoms. The van der Waals surface area contributed by atoms with E-state index in [4.69, 9.17) is 0 Å². The highest BCUT2D eigenvalue weighted by molar-refractivity contribution is 6.08. The average molecular weight is 381 g/mol. The molecule has 0 aromatic heterocycles. The van der Waals surface area contributed by atoms with Crippen molar-refractivity contribution in [2.45, 2.75) is 12.5 Å². The first-order valence-electron chi connectivity index (χ1n) is 8.62. The van der Waals surface area contributed by atoms with Crippen molar-refractivity contribution in [3.05, 3.63) is 65.7 Å². The number of nitrogens with one attached hydrogen (secondary N) is 2. The highest BCUT2D eigenvalue weighted by Crippen LogP contribution is 2.14. The van der Waals surface area contributed by atoms with Crippen molar-refractivity contribution in [3.8, 4) is 0 Å². The van der Waals surface area contributed by atoms with Gasteiger partial charge in [-0.3, -0.25) is 14.5 Å². The fourth-order valence-corrected chi connectivity index (χ4v) is 2.87. The van der Waals surface area contributed by atoms with Gasteiger partial charge in [-0.05, 0) is 29.8 Å². The molecule has 3 rings (SSSR count). The van der Waals surface area contributed by atoms with Crippen molar-refractivity contribution < 1.29 is 23.9 Å². The minimum Gasteiger partial charge on any atom is -0.465 e. The second kappa shape index (κ2) is 8.34. The van der Waals surface area contributed by atoms with E-state index in [2.05, 4.69) is 15.4 Å². The zero-order valence-corrected chi connectivity index (χ0v) is 15.2. The van der Waals surface area contributed by atoms with Crippen molar-refractivity contribution in [1.29, 1.82) is 0 Å². The first-order valence-corrected chi connectivity index (χ1v) is 8.62. The lowest BCUT2D eigenvalue weighted by Gasteiger charge is -2.13. The van der Waals surface area contributed by atoms with Crippen LogP contribution in [0, 0.1) is 0 Å². The normalized spacial score (nSPS) is 15.9. The van der Waals surface area contributed by atoms with Gasteiger partial charge in [-0.2, -0.15) is 0 Å². The number of nitrogens with zero attached hydrogens (tertiary/aromatic N) is 1. The number of carbonyl (C=O) groups excluding carboxylic acids is 4. The third kappa shape index (κ3) is 4.35. The van der Waals surface area contributed by atoms with Crippen molar-refractivity contribution in [2.75, 3.05) is 19.0 Å². The fraction of sp³-hybridized carbons (Fsp3) is 0.200. The van der Waals surface area contributed by atoms with E-state index in [1.807, 2.05) is 30.3 Å². The van der Waals surface area contributed by atoms with Gasteiger partial charge in [0.2, 0.25) is 5.91 Å². The quantitative estimate of drug-likeness (QED) is 0.584. The van der Waals surface area contributed by atoms with Crippen LogP contribution in [0.15, 0.2) is 54.6 Å². The zero-order chi connectivity index (χ0) is 20.1. The van der Waals surface area contributed by atoms with Gasteiger partial charge in [0.15, 0.2) is 0 Å². The Morgan fingerprint density at radius 3 is 2.39 bits per heavy atom. The predicted molar refractivity (Wildman–Crippen MR) is 101 cm³/mol. The summed E-state index contributed by atoms with van der Waals surface area (Å²) in [6.45, 7) is -0.394. The van der Waals surface area contributed by atoms with Crippen LogP contribution in [0.25, 0.3) is 0 Å². The van der Waals surface area contributed by atoms with E-state index in [0.717, 1.165) is 10.5 Å². The molecular formula is C20H19N3O5. The molecule has 1 atom stereocenters. The minimum atomic E-state index is -0.693. The number of methoxy groups -OCH3 is 1. The van der Waals surface area contributed by atoms with Crippen molar-refractivity contribution >= 4 is 29.5 Å². The van der Waals surface area contributed by atoms with E-state index in [0.29, 0.717) is 17.7 Å². The van der Waals surface area contributed by atoms with Crippen LogP contribution < -0.4 is 10.6 Å². The first kappa shape index (κ1) is 19.1. The highest BCUT2D eigenvalue weighted by atomic mass is 16.5. The molecule has 2 aromatic rings. The molecule has 0 spiro atoms. The molecule has 1 fully saturated rings. The van der Waals surface area contributed by atoms with Crippen LogP contribution in [0.4, 0.5) is 10.5 Å². The molecular weight excluding hydrogens is 362 g/mol. The summed E-state index contributed by atoms with van der Waals surface area (Å²) in [6.07, 6.45) is 0.360. The molecule has 1 aliphatic rings. The summed E-state index contributed by atoms with van der Waals surface area (Å²) < 4.78 is 4.61. The van der Waals surface area contributed by atoms with Gasteiger partial charge in [-0.25, -0.2) is 9.59 Å². The van der Waals surface area contributed by atoms with Gasteiger partial charge in [0.05, 0.1) is 12.7 Å². The number of hydrogen-bond donors (Lipinski definition) is 2. The van der Waals surface area contributed by atoms with Crippen molar-refractivity contribution in [3.63, 3.8) is 0 Å². The molecule has 2 aromatic carbocycles. The average Bonchev–Trinajstić information content (AvgIpc) is 2.96. The number of urea groups is 1. The van der Waals surface area contributed by atoms with Crippen LogP contribution in [-0.4, -0.2) is 48.4 Å². The fourth-order valence-electron chi connectivity index (χ4n) is 2.87. The lowest BCUT2D eigenvalue weighted by atomic mass is 10.1. The third-order valence-electron chi connectivity index (χ3n) is 4.28. The van der Waals surface area contributed by atoms with Crippen LogP contribution in [-0.2, 0) is 20.7 Å². The van der Waals surface area contributed by atoms with Crippen LogP contribution in [0.3, 0.4) is 0 Å². The Morgan fingerprint density at radius 2 is 1.75 bits per heavy atom. The highest BCUT2D eigenvalue weighted by Gasteiger charge is 2.38. The Hall–Kier alpha value is -3.68. The van der Waals surface area contributed by atoms with Crippen LogP contribution in [0.2, 0.25) is 0 Å². The molecule has 28 heavy (non-hydrogen) atoms. The van der Waals surface area contributed by atoms with Gasteiger partial charge < -0.3 is 15.4 Å². The number of hydrogen-bond acceptors (Lipinski definition) is 5. The predicted octanol–water partition coefficient (Wildman–Crippen LogP) is 1.57. The van der Waals surface area contributed by atoms with Gasteiger partial charge >= 0.3 is 12.0 Å². The second-order valence-corrected chi connectivity index (χ2v) is 6.23. The molecule has 4 amide bonds. The minimum absolute atomic E-state index is 0.346. The molecule has 1 saturated heterocycles. The molecule has 1 unspecified atom stereocenters. The lowest BCUT2D eigenvalue weighted by molar-refractivity contribution is -0.130. The summed E-state index contributed by atoms with van der Waals surface area (Å²) in [5, 5.41) is 5.20. The van der Waals surface area contributed by atoms with Crippen molar-refractivity contribution in [1.82, 2.24) is 10.2 Å². The van der Waals surface area contributed by atoms with Gasteiger partial charge in [0, 0.05) is 12.1 Å². The third-order valence-corrected chi connectivity index (χ3v) is 4.28. The van der Waals surface area contributed by atoms with E-state index < -0.39 is 36.4 Å². The van der Waals surface area contributed by atoms with Gasteiger partial charge in [0.25, 0.3) is 5.91 Å². The number of amides is 4. The van der Waals surface area contributed by atoms with E-state index in [-0.39, 0.29) is 0 Å². The summed E-state index contributed by atoms with van der Waals surface area (Å²) in [6, 6.07) is 14.1. The second-order valence-electron chi connectivity index (χ2n) is 6.23. The Morgan fingerprint density at radius 1 is 1.07 bits per heavy atom. The summed E-state index contributed by atoms with van der Waals surface area (Å²) in [7, 11) is 1.28. The molecule has 0 radical (unpaired) electrons. The van der Waals surface area contributed by atoms with Gasteiger partial charge in [-0.1, -0.05) is 30.3 Å². The van der Waals surface area contributed by atoms with E-state index >= 15 is 0 Å². The topological polar surface area (TPSA) is 105 Å². The first-order chi connectivity index (χ1) is 13.5. The molecule has 1 heterocycles. The lowest BCUT2D eigenvalue weighted by Crippen LogP contribution is -2.38. The molecule has 2 N–H and O–H groups in total. The number of carbonyl (C=O) groups is 4. The zero-order valence-electron chi connectivity index (χ0n) is 15.2. The largest absolute Gasteiger partial charge is 0.465 e. The Labute approximate surface area is 161 Å².